The van der Waals surface area contributed by atoms with Gasteiger partial charge in [0.1, 0.15) is 5.75 Å². The molecule has 0 aromatic heterocycles. The molecule has 0 atom stereocenters. The lowest BCUT2D eigenvalue weighted by atomic mass is 10.1. The fourth-order valence-electron chi connectivity index (χ4n) is 2.91. The highest BCUT2D eigenvalue weighted by Gasteiger charge is 2.38. The average molecular weight is 378 g/mol. The second-order valence-electron chi connectivity index (χ2n) is 5.85. The van der Waals surface area contributed by atoms with Crippen molar-refractivity contribution >= 4 is 35.1 Å². The van der Waals surface area contributed by atoms with Crippen LogP contribution in [0.5, 0.6) is 5.75 Å². The molecule has 3 aromatic rings. The van der Waals surface area contributed by atoms with Gasteiger partial charge >= 0.3 is 5.97 Å². The van der Waals surface area contributed by atoms with Crippen molar-refractivity contribution in [1.82, 2.24) is 0 Å². The number of para-hydroxylation sites is 1. The molecule has 0 fully saturated rings. The molecule has 1 aliphatic heterocycles. The summed E-state index contributed by atoms with van der Waals surface area (Å²) in [4.78, 5) is 39.1. The topological polar surface area (TPSA) is 63.7 Å². The highest BCUT2D eigenvalue weighted by Crippen LogP contribution is 2.31. The molecule has 6 heteroatoms. The van der Waals surface area contributed by atoms with E-state index >= 15 is 0 Å². The first-order valence-corrected chi connectivity index (χ1v) is 8.48. The molecule has 1 heterocycles. The number of ether oxygens (including phenoxy) is 1. The summed E-state index contributed by atoms with van der Waals surface area (Å²) in [5, 5.41) is 0.515. The Morgan fingerprint density at radius 1 is 0.778 bits per heavy atom. The zero-order valence-electron chi connectivity index (χ0n) is 13.9. The molecule has 0 saturated carbocycles. The number of hydrogen-bond acceptors (Lipinski definition) is 4. The summed E-state index contributed by atoms with van der Waals surface area (Å²) in [7, 11) is 0. The van der Waals surface area contributed by atoms with E-state index in [1.165, 1.54) is 6.07 Å². The minimum Gasteiger partial charge on any atom is -0.423 e. The highest BCUT2D eigenvalue weighted by atomic mass is 35.5. The van der Waals surface area contributed by atoms with Crippen molar-refractivity contribution in [3.8, 4) is 5.75 Å². The monoisotopic (exact) mass is 377 g/mol. The predicted molar refractivity (Wildman–Crippen MR) is 100 cm³/mol. The minimum absolute atomic E-state index is 0.113. The van der Waals surface area contributed by atoms with Gasteiger partial charge in [-0.3, -0.25) is 9.59 Å². The number of nitrogens with zero attached hydrogens (tertiary/aromatic N) is 1. The van der Waals surface area contributed by atoms with Gasteiger partial charge in [0.15, 0.2) is 0 Å². The quantitative estimate of drug-likeness (QED) is 0.386. The van der Waals surface area contributed by atoms with Gasteiger partial charge < -0.3 is 4.74 Å². The van der Waals surface area contributed by atoms with Crippen LogP contribution in [0, 0.1) is 0 Å². The fraction of sp³-hybridized carbons (Fsp3) is 0. The van der Waals surface area contributed by atoms with Gasteiger partial charge in [-0.25, -0.2) is 9.69 Å². The molecule has 0 spiro atoms. The maximum atomic E-state index is 12.7. The van der Waals surface area contributed by atoms with Gasteiger partial charge in [-0.2, -0.15) is 0 Å². The normalized spacial score (nSPS) is 12.9. The number of hydrogen-bond donors (Lipinski definition) is 0. The lowest BCUT2D eigenvalue weighted by Gasteiger charge is -2.17. The van der Waals surface area contributed by atoms with Crippen LogP contribution in [0.1, 0.15) is 31.1 Å². The number of anilines is 1. The Hall–Kier alpha value is -3.44. The van der Waals surface area contributed by atoms with E-state index in [9.17, 15) is 14.4 Å². The first-order chi connectivity index (χ1) is 13.1. The van der Waals surface area contributed by atoms with E-state index in [4.69, 9.17) is 16.3 Å². The maximum Gasteiger partial charge on any atom is 0.345 e. The molecule has 0 bridgehead atoms. The third-order valence-corrected chi connectivity index (χ3v) is 4.44. The van der Waals surface area contributed by atoms with Gasteiger partial charge in [-0.1, -0.05) is 35.9 Å². The molecule has 0 N–H and O–H groups in total. The van der Waals surface area contributed by atoms with Crippen molar-refractivity contribution in [2.24, 2.45) is 0 Å². The lowest BCUT2D eigenvalue weighted by molar-refractivity contribution is 0.0735. The Balaban J connectivity index is 1.70. The summed E-state index contributed by atoms with van der Waals surface area (Å²) < 4.78 is 5.36. The molecule has 0 saturated heterocycles. The first kappa shape index (κ1) is 17.0. The van der Waals surface area contributed by atoms with Crippen LogP contribution >= 0.6 is 11.6 Å². The molecule has 0 aliphatic carbocycles. The van der Waals surface area contributed by atoms with Gasteiger partial charge in [0, 0.05) is 5.02 Å². The molecular formula is C21H12ClNO4. The molecule has 5 nitrogen and oxygen atoms in total. The number of rotatable bonds is 3. The molecular weight excluding hydrogens is 366 g/mol. The summed E-state index contributed by atoms with van der Waals surface area (Å²) in [6, 6.07) is 19.2. The van der Waals surface area contributed by atoms with Crippen molar-refractivity contribution in [2.75, 3.05) is 4.90 Å². The van der Waals surface area contributed by atoms with Crippen LogP contribution in [-0.4, -0.2) is 17.8 Å². The molecule has 2 amide bonds. The first-order valence-electron chi connectivity index (χ1n) is 8.11. The Morgan fingerprint density at radius 3 is 1.96 bits per heavy atom. The van der Waals surface area contributed by atoms with Crippen LogP contribution in [-0.2, 0) is 0 Å². The van der Waals surface area contributed by atoms with Gasteiger partial charge in [-0.05, 0) is 48.5 Å². The Kier molecular flexibility index (Phi) is 4.22. The van der Waals surface area contributed by atoms with Crippen LogP contribution in [0.25, 0.3) is 0 Å². The van der Waals surface area contributed by atoms with Gasteiger partial charge in [0.2, 0.25) is 0 Å². The van der Waals surface area contributed by atoms with Crippen molar-refractivity contribution in [3.63, 3.8) is 0 Å². The van der Waals surface area contributed by atoms with Crippen molar-refractivity contribution in [3.05, 3.63) is 94.5 Å². The molecule has 27 heavy (non-hydrogen) atoms. The summed E-state index contributed by atoms with van der Waals surface area (Å²) in [5.41, 5.74) is 0.913. The number of amides is 2. The van der Waals surface area contributed by atoms with E-state index in [0.29, 0.717) is 21.9 Å². The smallest absolute Gasteiger partial charge is 0.345 e. The summed E-state index contributed by atoms with van der Waals surface area (Å²) >= 11 is 5.83. The number of fused-ring (bicyclic) bond motifs is 1. The van der Waals surface area contributed by atoms with E-state index in [1.54, 1.807) is 66.7 Å². The number of benzene rings is 3. The highest BCUT2D eigenvalue weighted by molar-refractivity contribution is 6.35. The van der Waals surface area contributed by atoms with Gasteiger partial charge in [0.25, 0.3) is 11.8 Å². The Bertz CT molecular complexity index is 1040. The number of carbonyl (C=O) groups excluding carboxylic acids is 3. The van der Waals surface area contributed by atoms with Crippen LogP contribution < -0.4 is 9.64 Å². The molecule has 1 aliphatic rings. The molecule has 0 radical (unpaired) electrons. The zero-order chi connectivity index (χ0) is 19.0. The molecule has 132 valence electrons. The summed E-state index contributed by atoms with van der Waals surface area (Å²) in [6.45, 7) is 0. The zero-order valence-corrected chi connectivity index (χ0v) is 14.6. The number of halogens is 1. The third kappa shape index (κ3) is 2.98. The van der Waals surface area contributed by atoms with Crippen LogP contribution in [0.3, 0.4) is 0 Å². The second kappa shape index (κ2) is 6.70. The summed E-state index contributed by atoms with van der Waals surface area (Å²) in [5.74, 6) is -1.31. The van der Waals surface area contributed by atoms with E-state index in [2.05, 4.69) is 0 Å². The van der Waals surface area contributed by atoms with E-state index in [-0.39, 0.29) is 11.3 Å². The number of esters is 1. The molecule has 4 rings (SSSR count). The minimum atomic E-state index is -0.676. The average Bonchev–Trinajstić information content (AvgIpc) is 2.94. The van der Waals surface area contributed by atoms with Crippen molar-refractivity contribution in [2.45, 2.75) is 0 Å². The van der Waals surface area contributed by atoms with Crippen molar-refractivity contribution in [1.29, 1.82) is 0 Å². The maximum absolute atomic E-state index is 12.7. The number of imide groups is 1. The molecule has 3 aromatic carbocycles. The van der Waals surface area contributed by atoms with Crippen LogP contribution in [0.2, 0.25) is 5.02 Å². The third-order valence-electron chi connectivity index (χ3n) is 4.18. The second-order valence-corrected chi connectivity index (χ2v) is 6.29. The molecule has 0 unspecified atom stereocenters. The largest absolute Gasteiger partial charge is 0.423 e. The number of carbonyl (C=O) groups is 3. The van der Waals surface area contributed by atoms with Crippen LogP contribution in [0.4, 0.5) is 5.69 Å². The van der Waals surface area contributed by atoms with Crippen molar-refractivity contribution < 1.29 is 19.1 Å². The van der Waals surface area contributed by atoms with E-state index in [0.717, 1.165) is 4.90 Å². The van der Waals surface area contributed by atoms with E-state index in [1.807, 2.05) is 0 Å². The van der Waals surface area contributed by atoms with Crippen LogP contribution in [0.15, 0.2) is 72.8 Å². The Labute approximate surface area is 159 Å². The fourth-order valence-corrected chi connectivity index (χ4v) is 3.04. The van der Waals surface area contributed by atoms with E-state index < -0.39 is 17.8 Å². The van der Waals surface area contributed by atoms with Gasteiger partial charge in [-0.15, -0.1) is 0 Å². The SMILES string of the molecule is O=C(Oc1ccc(Cl)cc1)c1ccccc1N1C(=O)c2ccccc2C1=O. The standard InChI is InChI=1S/C21H12ClNO4/c22-13-9-11-14(12-10-13)27-21(26)17-7-3-4-8-18(17)23-19(24)15-5-1-2-6-16(15)20(23)25/h1-12H. The summed E-state index contributed by atoms with van der Waals surface area (Å²) in [6.07, 6.45) is 0. The van der Waals surface area contributed by atoms with Gasteiger partial charge in [0.05, 0.1) is 22.4 Å². The lowest BCUT2D eigenvalue weighted by Crippen LogP contribution is -2.31. The predicted octanol–water partition coefficient (Wildman–Crippen LogP) is 4.36. The Morgan fingerprint density at radius 2 is 1.33 bits per heavy atom.